The van der Waals surface area contributed by atoms with E-state index in [-0.39, 0.29) is 21.6 Å². The molecule has 0 atom stereocenters. The SMILES string of the molecule is COC(=O)c1ccc(C(=O)OC)c(COS(=O)(=O)c2ccc(C)cc2)c1. The first-order valence-corrected chi connectivity index (χ1v) is 8.95. The molecule has 0 spiro atoms. The Labute approximate surface area is 151 Å². The number of ether oxygens (including phenoxy) is 2. The topological polar surface area (TPSA) is 96.0 Å². The Morgan fingerprint density at radius 1 is 0.923 bits per heavy atom. The number of hydrogen-bond donors (Lipinski definition) is 0. The van der Waals surface area contributed by atoms with E-state index in [0.717, 1.165) is 5.56 Å². The first-order chi connectivity index (χ1) is 12.3. The van der Waals surface area contributed by atoms with Gasteiger partial charge >= 0.3 is 11.9 Å². The molecule has 8 heteroatoms. The zero-order valence-electron chi connectivity index (χ0n) is 14.5. The third kappa shape index (κ3) is 4.47. The van der Waals surface area contributed by atoms with E-state index in [1.807, 2.05) is 6.92 Å². The summed E-state index contributed by atoms with van der Waals surface area (Å²) < 4.78 is 39.0. The number of carbonyl (C=O) groups excluding carboxylic acids is 2. The molecule has 138 valence electrons. The molecule has 0 heterocycles. The normalized spacial score (nSPS) is 11.0. The van der Waals surface area contributed by atoms with E-state index < -0.39 is 28.7 Å². The fourth-order valence-corrected chi connectivity index (χ4v) is 3.07. The lowest BCUT2D eigenvalue weighted by Crippen LogP contribution is -2.12. The highest BCUT2D eigenvalue weighted by Gasteiger charge is 2.20. The average molecular weight is 378 g/mol. The fraction of sp³-hybridized carbons (Fsp3) is 0.222. The summed E-state index contributed by atoms with van der Waals surface area (Å²) in [5, 5.41) is 0. The summed E-state index contributed by atoms with van der Waals surface area (Å²) >= 11 is 0. The van der Waals surface area contributed by atoms with Gasteiger partial charge in [-0.05, 0) is 42.8 Å². The second-order valence-electron chi connectivity index (χ2n) is 5.38. The standard InChI is InChI=1S/C18H18O7S/c1-12-4-7-15(8-5-12)26(21,22)25-11-14-10-13(17(19)23-2)6-9-16(14)18(20)24-3/h4-10H,11H2,1-3H3. The fourth-order valence-electron chi connectivity index (χ4n) is 2.18. The van der Waals surface area contributed by atoms with Gasteiger partial charge in [-0.2, -0.15) is 8.42 Å². The van der Waals surface area contributed by atoms with E-state index in [4.69, 9.17) is 4.18 Å². The van der Waals surface area contributed by atoms with Crippen molar-refractivity contribution in [3.63, 3.8) is 0 Å². The van der Waals surface area contributed by atoms with Gasteiger partial charge in [0.2, 0.25) is 0 Å². The van der Waals surface area contributed by atoms with Gasteiger partial charge in [0.1, 0.15) is 0 Å². The second-order valence-corrected chi connectivity index (χ2v) is 7.00. The van der Waals surface area contributed by atoms with Gasteiger partial charge in [-0.1, -0.05) is 17.7 Å². The molecule has 0 saturated carbocycles. The van der Waals surface area contributed by atoms with Gasteiger partial charge in [-0.15, -0.1) is 0 Å². The maximum Gasteiger partial charge on any atom is 0.338 e. The molecule has 2 aromatic rings. The minimum Gasteiger partial charge on any atom is -0.465 e. The van der Waals surface area contributed by atoms with Crippen LogP contribution in [0.1, 0.15) is 31.8 Å². The van der Waals surface area contributed by atoms with Crippen molar-refractivity contribution in [2.45, 2.75) is 18.4 Å². The number of rotatable bonds is 6. The lowest BCUT2D eigenvalue weighted by molar-refractivity contribution is 0.0584. The van der Waals surface area contributed by atoms with Crippen molar-refractivity contribution in [2.75, 3.05) is 14.2 Å². The molecule has 0 saturated heterocycles. The summed E-state index contributed by atoms with van der Waals surface area (Å²) in [6, 6.07) is 10.2. The van der Waals surface area contributed by atoms with Crippen LogP contribution in [0.3, 0.4) is 0 Å². The minimum absolute atomic E-state index is 0.00756. The predicted molar refractivity (Wildman–Crippen MR) is 92.3 cm³/mol. The van der Waals surface area contributed by atoms with Crippen LogP contribution in [0.2, 0.25) is 0 Å². The van der Waals surface area contributed by atoms with Gasteiger partial charge in [0.25, 0.3) is 10.1 Å². The molecule has 0 aliphatic heterocycles. The van der Waals surface area contributed by atoms with Gasteiger partial charge in [0, 0.05) is 0 Å². The molecule has 0 aliphatic rings. The van der Waals surface area contributed by atoms with Crippen LogP contribution in [-0.2, 0) is 30.4 Å². The molecule has 7 nitrogen and oxygen atoms in total. The van der Waals surface area contributed by atoms with Crippen LogP contribution in [0.25, 0.3) is 0 Å². The molecule has 2 rings (SSSR count). The van der Waals surface area contributed by atoms with E-state index in [1.54, 1.807) is 12.1 Å². The van der Waals surface area contributed by atoms with Crippen molar-refractivity contribution in [1.29, 1.82) is 0 Å². The van der Waals surface area contributed by atoms with Gasteiger partial charge in [-0.3, -0.25) is 4.18 Å². The molecule has 0 fully saturated rings. The molecule has 0 radical (unpaired) electrons. The van der Waals surface area contributed by atoms with Crippen LogP contribution in [0.4, 0.5) is 0 Å². The van der Waals surface area contributed by atoms with Crippen molar-refractivity contribution < 1.29 is 31.7 Å². The van der Waals surface area contributed by atoms with Crippen LogP contribution in [-0.4, -0.2) is 34.6 Å². The Bertz CT molecular complexity index is 915. The average Bonchev–Trinajstić information content (AvgIpc) is 2.65. The molecule has 2 aromatic carbocycles. The first-order valence-electron chi connectivity index (χ1n) is 7.54. The summed E-state index contributed by atoms with van der Waals surface area (Å²) in [6.45, 7) is 1.39. The van der Waals surface area contributed by atoms with Gasteiger partial charge in [0.05, 0.1) is 36.8 Å². The molecule has 0 unspecified atom stereocenters. The molecule has 0 aromatic heterocycles. The molecule has 0 N–H and O–H groups in total. The van der Waals surface area contributed by atoms with Crippen molar-refractivity contribution >= 4 is 22.1 Å². The molecule has 0 amide bonds. The van der Waals surface area contributed by atoms with E-state index in [0.29, 0.717) is 0 Å². The van der Waals surface area contributed by atoms with Crippen LogP contribution in [0, 0.1) is 6.92 Å². The number of esters is 2. The smallest absolute Gasteiger partial charge is 0.338 e. The lowest BCUT2D eigenvalue weighted by atomic mass is 10.0. The Kier molecular flexibility index (Phi) is 6.12. The maximum absolute atomic E-state index is 12.3. The summed E-state index contributed by atoms with van der Waals surface area (Å²) in [5.74, 6) is -1.29. The van der Waals surface area contributed by atoms with Crippen LogP contribution in [0.15, 0.2) is 47.4 Å². The van der Waals surface area contributed by atoms with Crippen LogP contribution >= 0.6 is 0 Å². The Morgan fingerprint density at radius 3 is 2.12 bits per heavy atom. The van der Waals surface area contributed by atoms with E-state index in [2.05, 4.69) is 9.47 Å². The van der Waals surface area contributed by atoms with E-state index in [1.165, 1.54) is 44.6 Å². The molecule has 0 aliphatic carbocycles. The second kappa shape index (κ2) is 8.11. The maximum atomic E-state index is 12.3. The molecular formula is C18H18O7S. The van der Waals surface area contributed by atoms with E-state index in [9.17, 15) is 18.0 Å². The van der Waals surface area contributed by atoms with Gasteiger partial charge in [-0.25, -0.2) is 9.59 Å². The number of methoxy groups -OCH3 is 2. The van der Waals surface area contributed by atoms with Gasteiger partial charge < -0.3 is 9.47 Å². The highest BCUT2D eigenvalue weighted by atomic mass is 32.2. The molecular weight excluding hydrogens is 360 g/mol. The summed E-state index contributed by atoms with van der Waals surface area (Å²) in [5.41, 5.74) is 1.35. The third-order valence-corrected chi connectivity index (χ3v) is 4.89. The summed E-state index contributed by atoms with van der Waals surface area (Å²) in [7, 11) is -1.62. The Balaban J connectivity index is 2.32. The van der Waals surface area contributed by atoms with Gasteiger partial charge in [0.15, 0.2) is 0 Å². The third-order valence-electron chi connectivity index (χ3n) is 3.61. The molecule has 26 heavy (non-hydrogen) atoms. The summed E-state index contributed by atoms with van der Waals surface area (Å²) in [4.78, 5) is 23.5. The largest absolute Gasteiger partial charge is 0.465 e. The van der Waals surface area contributed by atoms with Crippen molar-refractivity contribution in [3.05, 3.63) is 64.7 Å². The van der Waals surface area contributed by atoms with Crippen LogP contribution in [0.5, 0.6) is 0 Å². The van der Waals surface area contributed by atoms with E-state index >= 15 is 0 Å². The monoisotopic (exact) mass is 378 g/mol. The summed E-state index contributed by atoms with van der Waals surface area (Å²) in [6.07, 6.45) is 0. The highest BCUT2D eigenvalue weighted by molar-refractivity contribution is 7.86. The zero-order valence-corrected chi connectivity index (χ0v) is 15.3. The number of aryl methyl sites for hydroxylation is 1. The Morgan fingerprint density at radius 2 is 1.54 bits per heavy atom. The van der Waals surface area contributed by atoms with Crippen molar-refractivity contribution in [2.24, 2.45) is 0 Å². The lowest BCUT2D eigenvalue weighted by Gasteiger charge is -2.11. The zero-order chi connectivity index (χ0) is 19.3. The quantitative estimate of drug-likeness (QED) is 0.563. The predicted octanol–water partition coefficient (Wildman–Crippen LogP) is 2.47. The van der Waals surface area contributed by atoms with Crippen LogP contribution < -0.4 is 0 Å². The highest BCUT2D eigenvalue weighted by Crippen LogP contribution is 2.19. The van der Waals surface area contributed by atoms with Crippen molar-refractivity contribution in [3.8, 4) is 0 Å². The number of benzene rings is 2. The van der Waals surface area contributed by atoms with Crippen molar-refractivity contribution in [1.82, 2.24) is 0 Å². The first kappa shape index (κ1) is 19.6. The number of hydrogen-bond acceptors (Lipinski definition) is 7. The molecule has 0 bridgehead atoms. The number of carbonyl (C=O) groups is 2. The minimum atomic E-state index is -4.03. The Hall–Kier alpha value is -2.71.